The van der Waals surface area contributed by atoms with Crippen molar-refractivity contribution in [3.05, 3.63) is 29.7 Å². The summed E-state index contributed by atoms with van der Waals surface area (Å²) in [6.45, 7) is 14.0. The zero-order chi connectivity index (χ0) is 14.3. The fourth-order valence-electron chi connectivity index (χ4n) is 2.02. The van der Waals surface area contributed by atoms with Crippen molar-refractivity contribution in [2.45, 2.75) is 33.6 Å². The summed E-state index contributed by atoms with van der Waals surface area (Å²) in [7, 11) is 0. The molecular weight excluding hydrogens is 240 g/mol. The lowest BCUT2D eigenvalue weighted by molar-refractivity contribution is 0.391. The topological polar surface area (TPSA) is 62.5 Å². The van der Waals surface area contributed by atoms with Crippen LogP contribution in [0.1, 0.15) is 36.8 Å². The lowest BCUT2D eigenvalue weighted by Crippen LogP contribution is -2.37. The molecule has 1 aromatic heterocycles. The molecule has 1 unspecified atom stereocenters. The molecule has 0 amide bonds. The summed E-state index contributed by atoms with van der Waals surface area (Å²) >= 11 is 0. The predicted octanol–water partition coefficient (Wildman–Crippen LogP) is 2.14. The third kappa shape index (κ3) is 4.43. The molecule has 19 heavy (non-hydrogen) atoms. The van der Waals surface area contributed by atoms with E-state index in [2.05, 4.69) is 34.3 Å². The Balaban J connectivity index is 2.68. The molecule has 0 saturated heterocycles. The Bertz CT molecular complexity index is 417. The number of aromatic nitrogens is 1. The van der Waals surface area contributed by atoms with Crippen LogP contribution in [-0.4, -0.2) is 30.8 Å². The van der Waals surface area contributed by atoms with E-state index in [0.29, 0.717) is 13.1 Å². The Morgan fingerprint density at radius 3 is 2.74 bits per heavy atom. The van der Waals surface area contributed by atoms with Gasteiger partial charge >= 0.3 is 0 Å². The minimum absolute atomic E-state index is 0.283. The molecule has 0 radical (unpaired) electrons. The van der Waals surface area contributed by atoms with Gasteiger partial charge in [-0.3, -0.25) is 4.99 Å². The van der Waals surface area contributed by atoms with Gasteiger partial charge in [-0.2, -0.15) is 0 Å². The fourth-order valence-corrected chi connectivity index (χ4v) is 2.02. The molecule has 0 aromatic carbocycles. The molecule has 0 spiro atoms. The first-order valence-electron chi connectivity index (χ1n) is 6.66. The van der Waals surface area contributed by atoms with Gasteiger partial charge in [0.1, 0.15) is 5.76 Å². The molecule has 0 aliphatic rings. The highest BCUT2D eigenvalue weighted by atomic mass is 16.5. The van der Waals surface area contributed by atoms with E-state index in [1.807, 2.05) is 26.8 Å². The van der Waals surface area contributed by atoms with E-state index in [4.69, 9.17) is 4.52 Å². The average molecular weight is 264 g/mol. The Morgan fingerprint density at radius 2 is 2.21 bits per heavy atom. The number of hydrogen-bond acceptors (Lipinski definition) is 3. The molecule has 2 N–H and O–H groups in total. The Hall–Kier alpha value is -1.78. The molecule has 5 heteroatoms. The second kappa shape index (κ2) is 7.61. The van der Waals surface area contributed by atoms with Crippen molar-refractivity contribution >= 4 is 5.96 Å². The molecule has 1 atom stereocenters. The van der Waals surface area contributed by atoms with Gasteiger partial charge in [0, 0.05) is 31.1 Å². The predicted molar refractivity (Wildman–Crippen MR) is 78.6 cm³/mol. The molecule has 0 aliphatic carbocycles. The Kier molecular flexibility index (Phi) is 6.12. The molecule has 0 fully saturated rings. The fraction of sp³-hybridized carbons (Fsp3) is 0.571. The van der Waals surface area contributed by atoms with Crippen molar-refractivity contribution in [1.29, 1.82) is 0 Å². The van der Waals surface area contributed by atoms with E-state index in [0.717, 1.165) is 29.5 Å². The molecule has 0 aliphatic heterocycles. The Labute approximate surface area is 115 Å². The van der Waals surface area contributed by atoms with Crippen molar-refractivity contribution in [1.82, 2.24) is 15.8 Å². The summed E-state index contributed by atoms with van der Waals surface area (Å²) in [5, 5.41) is 10.4. The van der Waals surface area contributed by atoms with Crippen LogP contribution in [0.4, 0.5) is 0 Å². The van der Waals surface area contributed by atoms with E-state index in [-0.39, 0.29) is 5.92 Å². The van der Waals surface area contributed by atoms with Gasteiger partial charge in [0.05, 0.1) is 5.69 Å². The van der Waals surface area contributed by atoms with Crippen molar-refractivity contribution in [2.75, 3.05) is 19.6 Å². The number of aliphatic imine (C=N–C) groups is 1. The smallest absolute Gasteiger partial charge is 0.191 e. The highest BCUT2D eigenvalue weighted by Gasteiger charge is 2.16. The lowest BCUT2D eigenvalue weighted by atomic mass is 10.00. The van der Waals surface area contributed by atoms with E-state index >= 15 is 0 Å². The van der Waals surface area contributed by atoms with Gasteiger partial charge in [-0.15, -0.1) is 6.58 Å². The first-order valence-corrected chi connectivity index (χ1v) is 6.66. The molecular formula is C14H24N4O. The quantitative estimate of drug-likeness (QED) is 0.469. The van der Waals surface area contributed by atoms with Crippen molar-refractivity contribution in [3.63, 3.8) is 0 Å². The van der Waals surface area contributed by atoms with Crippen LogP contribution < -0.4 is 10.6 Å². The monoisotopic (exact) mass is 264 g/mol. The van der Waals surface area contributed by atoms with E-state index in [1.165, 1.54) is 0 Å². The molecule has 106 valence electrons. The standard InChI is InChI=1S/C14H24N4O/c1-6-8-16-14(15-7-2)17-9-10(3)13-11(4)18-19-12(13)5/h6,10H,1,7-9H2,2-5H3,(H2,15,16,17). The van der Waals surface area contributed by atoms with E-state index < -0.39 is 0 Å². The summed E-state index contributed by atoms with van der Waals surface area (Å²) in [6, 6.07) is 0. The van der Waals surface area contributed by atoms with Crippen LogP contribution in [0.15, 0.2) is 22.2 Å². The average Bonchev–Trinajstić information content (AvgIpc) is 2.72. The summed E-state index contributed by atoms with van der Waals surface area (Å²) in [4.78, 5) is 4.57. The SMILES string of the molecule is C=CCNC(=NCC(C)c1c(C)noc1C)NCC. The molecule has 5 nitrogen and oxygen atoms in total. The number of aryl methyl sites for hydroxylation is 2. The number of rotatable bonds is 6. The van der Waals surface area contributed by atoms with Gasteiger partial charge in [0.2, 0.25) is 0 Å². The Morgan fingerprint density at radius 1 is 1.47 bits per heavy atom. The van der Waals surface area contributed by atoms with Crippen LogP contribution in [0, 0.1) is 13.8 Å². The van der Waals surface area contributed by atoms with Crippen LogP contribution in [0.2, 0.25) is 0 Å². The number of guanidine groups is 1. The van der Waals surface area contributed by atoms with Crippen molar-refractivity contribution in [2.24, 2.45) is 4.99 Å². The second-order valence-corrected chi connectivity index (χ2v) is 4.53. The zero-order valence-electron chi connectivity index (χ0n) is 12.3. The third-order valence-corrected chi connectivity index (χ3v) is 2.86. The summed E-state index contributed by atoms with van der Waals surface area (Å²) in [5.41, 5.74) is 2.10. The van der Waals surface area contributed by atoms with Crippen LogP contribution >= 0.6 is 0 Å². The normalized spacial score (nSPS) is 13.2. The third-order valence-electron chi connectivity index (χ3n) is 2.86. The number of nitrogens with one attached hydrogen (secondary N) is 2. The highest BCUT2D eigenvalue weighted by molar-refractivity contribution is 5.79. The lowest BCUT2D eigenvalue weighted by Gasteiger charge is -2.12. The van der Waals surface area contributed by atoms with Crippen LogP contribution in [0.5, 0.6) is 0 Å². The molecule has 0 bridgehead atoms. The molecule has 1 rings (SSSR count). The van der Waals surface area contributed by atoms with Crippen molar-refractivity contribution < 1.29 is 4.52 Å². The van der Waals surface area contributed by atoms with Crippen LogP contribution in [-0.2, 0) is 0 Å². The van der Waals surface area contributed by atoms with Crippen LogP contribution in [0.25, 0.3) is 0 Å². The minimum atomic E-state index is 0.283. The van der Waals surface area contributed by atoms with Crippen LogP contribution in [0.3, 0.4) is 0 Å². The molecule has 1 aromatic rings. The van der Waals surface area contributed by atoms with Gasteiger partial charge in [-0.1, -0.05) is 18.2 Å². The van der Waals surface area contributed by atoms with Gasteiger partial charge in [0.15, 0.2) is 5.96 Å². The highest BCUT2D eigenvalue weighted by Crippen LogP contribution is 2.22. The molecule has 1 heterocycles. The zero-order valence-corrected chi connectivity index (χ0v) is 12.3. The van der Waals surface area contributed by atoms with E-state index in [9.17, 15) is 0 Å². The first kappa shape index (κ1) is 15.3. The van der Waals surface area contributed by atoms with Gasteiger partial charge in [-0.25, -0.2) is 0 Å². The minimum Gasteiger partial charge on any atom is -0.361 e. The molecule has 0 saturated carbocycles. The summed E-state index contributed by atoms with van der Waals surface area (Å²) in [6.07, 6.45) is 1.81. The summed E-state index contributed by atoms with van der Waals surface area (Å²) < 4.78 is 5.19. The van der Waals surface area contributed by atoms with Gasteiger partial charge in [0.25, 0.3) is 0 Å². The van der Waals surface area contributed by atoms with Gasteiger partial charge < -0.3 is 15.2 Å². The maximum Gasteiger partial charge on any atom is 0.191 e. The number of hydrogen-bond donors (Lipinski definition) is 2. The van der Waals surface area contributed by atoms with Crippen molar-refractivity contribution in [3.8, 4) is 0 Å². The largest absolute Gasteiger partial charge is 0.361 e. The van der Waals surface area contributed by atoms with E-state index in [1.54, 1.807) is 0 Å². The maximum absolute atomic E-state index is 5.19. The van der Waals surface area contributed by atoms with Gasteiger partial charge in [-0.05, 0) is 20.8 Å². The maximum atomic E-state index is 5.19. The second-order valence-electron chi connectivity index (χ2n) is 4.53. The summed E-state index contributed by atoms with van der Waals surface area (Å²) in [5.74, 6) is 1.97. The first-order chi connectivity index (χ1) is 9.10. The number of nitrogens with zero attached hydrogens (tertiary/aromatic N) is 2.